The van der Waals surface area contributed by atoms with Crippen molar-refractivity contribution in [3.8, 4) is 17.3 Å². The van der Waals surface area contributed by atoms with Crippen LogP contribution < -0.4 is 5.32 Å². The predicted molar refractivity (Wildman–Crippen MR) is 101 cm³/mol. The Balaban J connectivity index is 1.97. The summed E-state index contributed by atoms with van der Waals surface area (Å²) in [6.45, 7) is 0. The highest BCUT2D eigenvalue weighted by Gasteiger charge is 2.14. The molecule has 0 aliphatic heterocycles. The van der Waals surface area contributed by atoms with Gasteiger partial charge >= 0.3 is 0 Å². The van der Waals surface area contributed by atoms with Gasteiger partial charge in [0.05, 0.1) is 16.2 Å². The molecule has 128 valence electrons. The highest BCUT2D eigenvalue weighted by molar-refractivity contribution is 7.11. The van der Waals surface area contributed by atoms with Crippen LogP contribution in [-0.4, -0.2) is 21.9 Å². The molecule has 0 spiro atoms. The summed E-state index contributed by atoms with van der Waals surface area (Å²) >= 11 is 1.35. The van der Waals surface area contributed by atoms with Gasteiger partial charge < -0.3 is 5.32 Å². The summed E-state index contributed by atoms with van der Waals surface area (Å²) < 4.78 is 0. The lowest BCUT2D eigenvalue weighted by molar-refractivity contribution is -0.383. The largest absolute Gasteiger partial charge is 0.383 e. The van der Waals surface area contributed by atoms with Crippen molar-refractivity contribution >= 4 is 34.4 Å². The van der Waals surface area contributed by atoms with Crippen molar-refractivity contribution in [1.29, 1.82) is 5.26 Å². The van der Waals surface area contributed by atoms with E-state index in [1.807, 2.05) is 17.5 Å². The Morgan fingerprint density at radius 2 is 2.12 bits per heavy atom. The number of allylic oxidation sites excluding steroid dienone is 1. The number of hydrogen-bond donors (Lipinski definition) is 1. The average molecular weight is 363 g/mol. The molecule has 3 aromatic rings. The second-order valence-electron chi connectivity index (χ2n) is 5.23. The molecule has 2 aromatic heterocycles. The maximum Gasteiger partial charge on any atom is 0.292 e. The Bertz CT molecular complexity index is 1020. The molecule has 0 bridgehead atoms. The van der Waals surface area contributed by atoms with E-state index in [1.165, 1.54) is 17.4 Å². The maximum atomic E-state index is 11.2. The molecule has 7 nitrogen and oxygen atoms in total. The number of hydrogen-bond acceptors (Lipinski definition) is 7. The van der Waals surface area contributed by atoms with E-state index < -0.39 is 4.92 Å². The van der Waals surface area contributed by atoms with Crippen molar-refractivity contribution in [2.75, 3.05) is 12.4 Å². The molecule has 0 saturated heterocycles. The molecule has 0 radical (unpaired) electrons. The van der Waals surface area contributed by atoms with Crippen LogP contribution in [0.25, 0.3) is 22.9 Å². The number of nitriles is 1. The van der Waals surface area contributed by atoms with Gasteiger partial charge in [-0.3, -0.25) is 15.1 Å². The van der Waals surface area contributed by atoms with Gasteiger partial charge in [0.2, 0.25) is 0 Å². The van der Waals surface area contributed by atoms with Crippen molar-refractivity contribution < 1.29 is 4.92 Å². The lowest BCUT2D eigenvalue weighted by atomic mass is 10.1. The van der Waals surface area contributed by atoms with Crippen LogP contribution in [0.1, 0.15) is 10.6 Å². The molecule has 0 unspecified atom stereocenters. The second kappa shape index (κ2) is 7.55. The van der Waals surface area contributed by atoms with E-state index in [1.54, 1.807) is 37.7 Å². The summed E-state index contributed by atoms with van der Waals surface area (Å²) in [4.78, 5) is 19.2. The van der Waals surface area contributed by atoms with Gasteiger partial charge in [0.25, 0.3) is 5.69 Å². The standard InChI is InChI=1S/C18H13N5O2S/c1-20-15-3-2-12(9-17(15)23(24)25)8-14(10-19)18-22-16(11-26-18)13-4-6-21-7-5-13/h2-9,11,20H,1H3. The van der Waals surface area contributed by atoms with Crippen LogP contribution in [-0.2, 0) is 0 Å². The van der Waals surface area contributed by atoms with Crippen LogP contribution in [0, 0.1) is 21.4 Å². The van der Waals surface area contributed by atoms with Crippen molar-refractivity contribution in [3.05, 3.63) is 68.8 Å². The summed E-state index contributed by atoms with van der Waals surface area (Å²) in [6.07, 6.45) is 4.96. The van der Waals surface area contributed by atoms with E-state index in [2.05, 4.69) is 21.4 Å². The Morgan fingerprint density at radius 3 is 2.77 bits per heavy atom. The minimum atomic E-state index is -0.458. The highest BCUT2D eigenvalue weighted by Crippen LogP contribution is 2.29. The molecule has 26 heavy (non-hydrogen) atoms. The Kier molecular flexibility index (Phi) is 5.01. The van der Waals surface area contributed by atoms with Crippen LogP contribution in [0.4, 0.5) is 11.4 Å². The first-order valence-corrected chi connectivity index (χ1v) is 8.44. The monoisotopic (exact) mass is 363 g/mol. The van der Waals surface area contributed by atoms with Gasteiger partial charge in [-0.15, -0.1) is 11.3 Å². The molecule has 1 aromatic carbocycles. The van der Waals surface area contributed by atoms with Crippen molar-refractivity contribution in [1.82, 2.24) is 9.97 Å². The molecule has 0 saturated carbocycles. The molecule has 0 amide bonds. The van der Waals surface area contributed by atoms with Crippen LogP contribution in [0.15, 0.2) is 48.1 Å². The third-order valence-electron chi connectivity index (χ3n) is 3.63. The second-order valence-corrected chi connectivity index (χ2v) is 6.09. The van der Waals surface area contributed by atoms with Crippen molar-refractivity contribution in [2.45, 2.75) is 0 Å². The Hall–Kier alpha value is -3.57. The number of aromatic nitrogens is 2. The zero-order valence-electron chi connectivity index (χ0n) is 13.7. The smallest absolute Gasteiger partial charge is 0.292 e. The first kappa shape index (κ1) is 17.3. The lowest BCUT2D eigenvalue weighted by Crippen LogP contribution is -1.96. The molecule has 0 fully saturated rings. The molecule has 8 heteroatoms. The fourth-order valence-electron chi connectivity index (χ4n) is 2.36. The highest BCUT2D eigenvalue weighted by atomic mass is 32.1. The summed E-state index contributed by atoms with van der Waals surface area (Å²) in [5.74, 6) is 0. The van der Waals surface area contributed by atoms with Crippen molar-refractivity contribution in [3.63, 3.8) is 0 Å². The number of pyridine rings is 1. The fourth-order valence-corrected chi connectivity index (χ4v) is 3.16. The third kappa shape index (κ3) is 3.58. The number of anilines is 1. The number of nitrogens with one attached hydrogen (secondary N) is 1. The van der Waals surface area contributed by atoms with Gasteiger partial charge in [-0.1, -0.05) is 6.07 Å². The van der Waals surface area contributed by atoms with E-state index in [0.29, 0.717) is 21.8 Å². The summed E-state index contributed by atoms with van der Waals surface area (Å²) in [6, 6.07) is 10.6. The van der Waals surface area contributed by atoms with E-state index in [9.17, 15) is 15.4 Å². The Morgan fingerprint density at radius 1 is 1.35 bits per heavy atom. The topological polar surface area (TPSA) is 105 Å². The first-order chi connectivity index (χ1) is 12.6. The predicted octanol–water partition coefficient (Wildman–Crippen LogP) is 4.22. The number of benzene rings is 1. The molecular weight excluding hydrogens is 350 g/mol. The molecule has 1 N–H and O–H groups in total. The molecule has 0 aliphatic carbocycles. The van der Waals surface area contributed by atoms with Crippen LogP contribution >= 0.6 is 11.3 Å². The SMILES string of the molecule is CNc1ccc(C=C(C#N)c2nc(-c3ccncc3)cs2)cc1[N+](=O)[O-]. The molecule has 0 atom stereocenters. The first-order valence-electron chi connectivity index (χ1n) is 7.56. The minimum absolute atomic E-state index is 0.0462. The molecule has 3 rings (SSSR count). The normalized spacial score (nSPS) is 11.0. The van der Waals surface area contributed by atoms with Gasteiger partial charge in [0, 0.05) is 36.5 Å². The van der Waals surface area contributed by atoms with Gasteiger partial charge in [-0.05, 0) is 29.8 Å². The van der Waals surface area contributed by atoms with Crippen molar-refractivity contribution in [2.24, 2.45) is 0 Å². The number of thiazole rings is 1. The lowest BCUT2D eigenvalue weighted by Gasteiger charge is -2.03. The number of nitro groups is 1. The summed E-state index contributed by atoms with van der Waals surface area (Å²) in [7, 11) is 1.62. The van der Waals surface area contributed by atoms with E-state index >= 15 is 0 Å². The quantitative estimate of drug-likeness (QED) is 0.413. The fraction of sp³-hybridized carbons (Fsp3) is 0.0556. The zero-order valence-corrected chi connectivity index (χ0v) is 14.5. The zero-order chi connectivity index (χ0) is 18.5. The van der Waals surface area contributed by atoms with Gasteiger partial charge in [0.1, 0.15) is 16.8 Å². The van der Waals surface area contributed by atoms with Gasteiger partial charge in [0.15, 0.2) is 0 Å². The Labute approximate surface area is 153 Å². The van der Waals surface area contributed by atoms with Gasteiger partial charge in [-0.25, -0.2) is 4.98 Å². The van der Waals surface area contributed by atoms with Crippen LogP contribution in [0.3, 0.4) is 0 Å². The third-order valence-corrected chi connectivity index (χ3v) is 4.51. The van der Waals surface area contributed by atoms with E-state index in [-0.39, 0.29) is 5.69 Å². The number of rotatable bonds is 5. The molecule has 2 heterocycles. The maximum absolute atomic E-state index is 11.2. The summed E-state index contributed by atoms with van der Waals surface area (Å²) in [5, 5.41) is 25.9. The average Bonchev–Trinajstić information content (AvgIpc) is 3.16. The van der Waals surface area contributed by atoms with Gasteiger partial charge in [-0.2, -0.15) is 5.26 Å². The van der Waals surface area contributed by atoms with Crippen LogP contribution in [0.5, 0.6) is 0 Å². The van der Waals surface area contributed by atoms with Crippen LogP contribution in [0.2, 0.25) is 0 Å². The molecular formula is C18H13N5O2S. The van der Waals surface area contributed by atoms with E-state index in [4.69, 9.17) is 0 Å². The molecule has 0 aliphatic rings. The number of nitro benzene ring substituents is 1. The van der Waals surface area contributed by atoms with E-state index in [0.717, 1.165) is 11.3 Å². The number of nitrogens with zero attached hydrogens (tertiary/aromatic N) is 4. The summed E-state index contributed by atoms with van der Waals surface area (Å²) in [5.41, 5.74) is 2.95. The minimum Gasteiger partial charge on any atom is -0.383 e.